The summed E-state index contributed by atoms with van der Waals surface area (Å²) in [5.41, 5.74) is 3.34. The lowest BCUT2D eigenvalue weighted by molar-refractivity contribution is 0.00887. The lowest BCUT2D eigenvalue weighted by atomic mass is 9.69. The van der Waals surface area contributed by atoms with E-state index >= 15 is 0 Å². The van der Waals surface area contributed by atoms with Crippen molar-refractivity contribution in [2.24, 2.45) is 17.8 Å². The highest BCUT2D eigenvalue weighted by Crippen LogP contribution is 2.41. The second-order valence-electron chi connectivity index (χ2n) is 11.9. The van der Waals surface area contributed by atoms with E-state index in [0.717, 1.165) is 62.9 Å². The van der Waals surface area contributed by atoms with Gasteiger partial charge < -0.3 is 14.7 Å². The van der Waals surface area contributed by atoms with Crippen LogP contribution in [0.25, 0.3) is 0 Å². The number of halogens is 1. The standard InChI is InChI=1S/C31H41ClN2O5S/c1-20-6-5-8-29(35)27-13-10-24(27)18-34-15-4-3-7-22-16-26(32)12-9-25(22)19-39-30-14-11-23(17-28(30)34)31(36)33-40(37,38)21(20)2/h9,11-12,14,16-17,20-21,24,27,29,35H,3-8,10,13,15,18-19H2,1-2H3,(H,33,36)/t20-,21-,24-,27+,29-/m0/s1. The summed E-state index contributed by atoms with van der Waals surface area (Å²) in [6, 6.07) is 11.1. The molecule has 0 aromatic heterocycles. The number of aliphatic hydroxyl groups is 1. The van der Waals surface area contributed by atoms with Crippen LogP contribution in [-0.4, -0.2) is 43.9 Å². The predicted octanol–water partition coefficient (Wildman–Crippen LogP) is 5.72. The van der Waals surface area contributed by atoms with Crippen LogP contribution in [0.1, 0.15) is 80.3 Å². The number of aryl methyl sites for hydroxylation is 1. The molecular formula is C31H41ClN2O5S. The van der Waals surface area contributed by atoms with E-state index in [0.29, 0.717) is 36.1 Å². The van der Waals surface area contributed by atoms with E-state index < -0.39 is 27.3 Å². The summed E-state index contributed by atoms with van der Waals surface area (Å²) >= 11 is 6.30. The van der Waals surface area contributed by atoms with Crippen LogP contribution in [0.15, 0.2) is 36.4 Å². The topological polar surface area (TPSA) is 95.9 Å². The number of sulfonamides is 1. The first-order valence-electron chi connectivity index (χ1n) is 14.7. The Bertz CT molecular complexity index is 1330. The third kappa shape index (κ3) is 6.44. The molecule has 2 heterocycles. The van der Waals surface area contributed by atoms with Gasteiger partial charge in [0.1, 0.15) is 12.4 Å². The van der Waals surface area contributed by atoms with Crippen LogP contribution in [0.4, 0.5) is 5.69 Å². The Morgan fingerprint density at radius 2 is 1.82 bits per heavy atom. The third-order valence-corrected chi connectivity index (χ3v) is 11.5. The lowest BCUT2D eigenvalue weighted by Gasteiger charge is -2.43. The van der Waals surface area contributed by atoms with Crippen molar-refractivity contribution in [1.82, 2.24) is 4.72 Å². The monoisotopic (exact) mass is 588 g/mol. The van der Waals surface area contributed by atoms with Gasteiger partial charge in [-0.25, -0.2) is 13.1 Å². The molecule has 2 aromatic rings. The van der Waals surface area contributed by atoms with Crippen molar-refractivity contribution in [1.29, 1.82) is 0 Å². The first-order chi connectivity index (χ1) is 19.1. The summed E-state index contributed by atoms with van der Waals surface area (Å²) in [6.45, 7) is 5.44. The van der Waals surface area contributed by atoms with E-state index in [-0.39, 0.29) is 17.4 Å². The van der Waals surface area contributed by atoms with Gasteiger partial charge in [0.25, 0.3) is 5.91 Å². The minimum atomic E-state index is -3.88. The molecule has 2 aromatic carbocycles. The fourth-order valence-electron chi connectivity index (χ4n) is 6.38. The van der Waals surface area contributed by atoms with Crippen LogP contribution in [0.5, 0.6) is 5.75 Å². The number of nitrogens with one attached hydrogen (secondary N) is 1. The van der Waals surface area contributed by atoms with Gasteiger partial charge in [0.2, 0.25) is 10.0 Å². The van der Waals surface area contributed by atoms with Crippen LogP contribution in [0.2, 0.25) is 5.02 Å². The lowest BCUT2D eigenvalue weighted by Crippen LogP contribution is -2.44. The predicted molar refractivity (Wildman–Crippen MR) is 158 cm³/mol. The zero-order chi connectivity index (χ0) is 28.4. The van der Waals surface area contributed by atoms with E-state index in [1.807, 2.05) is 25.1 Å². The Morgan fingerprint density at radius 3 is 2.60 bits per heavy atom. The third-order valence-electron chi connectivity index (χ3n) is 9.35. The SMILES string of the molecule is C[C@H]1CCC[C@H](O)[C@@H]2CC[C@H]2CN2CCCCc3cc(Cl)ccc3COc3ccc(cc32)C(=O)NS(=O)(=O)[C@H]1C. The number of rotatable bonds is 0. The molecule has 1 amide bonds. The summed E-state index contributed by atoms with van der Waals surface area (Å²) < 4.78 is 34.9. The Kier molecular flexibility index (Phi) is 8.98. The van der Waals surface area contributed by atoms with Crippen LogP contribution in [0.3, 0.4) is 0 Å². The zero-order valence-electron chi connectivity index (χ0n) is 23.4. The summed E-state index contributed by atoms with van der Waals surface area (Å²) in [7, 11) is -3.88. The second kappa shape index (κ2) is 12.3. The van der Waals surface area contributed by atoms with Crippen molar-refractivity contribution >= 4 is 33.2 Å². The summed E-state index contributed by atoms with van der Waals surface area (Å²) in [6.07, 6.45) is 6.58. The van der Waals surface area contributed by atoms with Crippen molar-refractivity contribution in [3.05, 3.63) is 58.1 Å². The number of carbonyl (C=O) groups excluding carboxylic acids is 1. The number of carbonyl (C=O) groups is 1. The fourth-order valence-corrected chi connectivity index (χ4v) is 7.88. The van der Waals surface area contributed by atoms with Gasteiger partial charge in [-0.3, -0.25) is 4.79 Å². The molecule has 9 heteroatoms. The maximum Gasteiger partial charge on any atom is 0.264 e. The molecule has 40 heavy (non-hydrogen) atoms. The van der Waals surface area contributed by atoms with Gasteiger partial charge >= 0.3 is 0 Å². The molecule has 0 unspecified atom stereocenters. The van der Waals surface area contributed by atoms with Gasteiger partial charge in [0.05, 0.1) is 17.0 Å². The van der Waals surface area contributed by atoms with E-state index in [1.54, 1.807) is 25.1 Å². The quantitative estimate of drug-likeness (QED) is 0.409. The number of nitrogens with zero attached hydrogens (tertiary/aromatic N) is 1. The number of fused-ring (bicyclic) bond motifs is 3. The average Bonchev–Trinajstić information content (AvgIpc) is 2.92. The molecule has 2 bridgehead atoms. The zero-order valence-corrected chi connectivity index (χ0v) is 25.0. The molecular weight excluding hydrogens is 548 g/mol. The highest BCUT2D eigenvalue weighted by atomic mass is 35.5. The van der Waals surface area contributed by atoms with Gasteiger partial charge in [-0.1, -0.05) is 31.0 Å². The van der Waals surface area contributed by atoms with E-state index in [2.05, 4.69) is 9.62 Å². The molecule has 1 aliphatic carbocycles. The largest absolute Gasteiger partial charge is 0.487 e. The van der Waals surface area contributed by atoms with Crippen molar-refractivity contribution in [2.75, 3.05) is 18.0 Å². The number of ether oxygens (including phenoxy) is 1. The van der Waals surface area contributed by atoms with Crippen LogP contribution < -0.4 is 14.4 Å². The molecule has 0 radical (unpaired) electrons. The maximum absolute atomic E-state index is 13.3. The number of benzene rings is 2. The van der Waals surface area contributed by atoms with Crippen LogP contribution >= 0.6 is 11.6 Å². The maximum atomic E-state index is 13.3. The van der Waals surface area contributed by atoms with Crippen molar-refractivity contribution < 1.29 is 23.1 Å². The van der Waals surface area contributed by atoms with Gasteiger partial charge in [0.15, 0.2) is 0 Å². The number of anilines is 1. The number of amides is 1. The molecule has 5 rings (SSSR count). The molecule has 1 saturated carbocycles. The molecule has 7 nitrogen and oxygen atoms in total. The van der Waals surface area contributed by atoms with Crippen LogP contribution in [0, 0.1) is 17.8 Å². The van der Waals surface area contributed by atoms with Gasteiger partial charge in [0, 0.05) is 23.7 Å². The molecule has 1 fully saturated rings. The number of hydrogen-bond acceptors (Lipinski definition) is 6. The van der Waals surface area contributed by atoms with Crippen LogP contribution in [-0.2, 0) is 23.1 Å². The van der Waals surface area contributed by atoms with E-state index in [9.17, 15) is 18.3 Å². The Balaban J connectivity index is 1.52. The molecule has 2 N–H and O–H groups in total. The number of hydrogen-bond donors (Lipinski definition) is 2. The van der Waals surface area contributed by atoms with Crippen molar-refractivity contribution in [2.45, 2.75) is 83.2 Å². The Hall–Kier alpha value is -2.29. The molecule has 2 aliphatic heterocycles. The summed E-state index contributed by atoms with van der Waals surface area (Å²) in [5, 5.41) is 11.1. The van der Waals surface area contributed by atoms with Crippen molar-refractivity contribution in [3.8, 4) is 5.75 Å². The van der Waals surface area contributed by atoms with E-state index in [1.165, 1.54) is 5.56 Å². The highest BCUT2D eigenvalue weighted by molar-refractivity contribution is 7.90. The summed E-state index contributed by atoms with van der Waals surface area (Å²) in [4.78, 5) is 15.5. The molecule has 3 aliphatic rings. The molecule has 218 valence electrons. The van der Waals surface area contributed by atoms with Gasteiger partial charge in [-0.05, 0) is 111 Å². The molecule has 5 atom stereocenters. The Labute approximate surface area is 243 Å². The number of aliphatic hydroxyl groups excluding tert-OH is 1. The molecule has 0 spiro atoms. The van der Waals surface area contributed by atoms with Crippen molar-refractivity contribution in [3.63, 3.8) is 0 Å². The van der Waals surface area contributed by atoms with Gasteiger partial charge in [-0.15, -0.1) is 0 Å². The first kappa shape index (κ1) is 29.2. The fraction of sp³-hybridized carbons (Fsp3) is 0.581. The Morgan fingerprint density at radius 1 is 1.00 bits per heavy atom. The average molecular weight is 589 g/mol. The minimum Gasteiger partial charge on any atom is -0.487 e. The second-order valence-corrected chi connectivity index (χ2v) is 14.4. The minimum absolute atomic E-state index is 0.142. The normalized spacial score (nSPS) is 29.4. The highest BCUT2D eigenvalue weighted by Gasteiger charge is 2.38. The molecule has 0 saturated heterocycles. The smallest absolute Gasteiger partial charge is 0.264 e. The van der Waals surface area contributed by atoms with E-state index in [4.69, 9.17) is 16.3 Å². The van der Waals surface area contributed by atoms with Gasteiger partial charge in [-0.2, -0.15) is 0 Å². The summed E-state index contributed by atoms with van der Waals surface area (Å²) in [5.74, 6) is 0.467. The first-order valence-corrected chi connectivity index (χ1v) is 16.6.